The first kappa shape index (κ1) is 21.8. The summed E-state index contributed by atoms with van der Waals surface area (Å²) in [5.74, 6) is 0.827. The van der Waals surface area contributed by atoms with Crippen LogP contribution in [-0.4, -0.2) is 69.2 Å². The number of likely N-dealkylation sites (N-methyl/N-ethyl adjacent to an activating group) is 1. The maximum Gasteiger partial charge on any atom is 0.193 e. The molecule has 136 valence electrons. The van der Waals surface area contributed by atoms with Gasteiger partial charge in [0.2, 0.25) is 0 Å². The van der Waals surface area contributed by atoms with Crippen LogP contribution in [0, 0.1) is 0 Å². The van der Waals surface area contributed by atoms with Gasteiger partial charge < -0.3 is 19.9 Å². The highest BCUT2D eigenvalue weighted by Crippen LogP contribution is 2.23. The molecule has 1 aromatic rings. The molecule has 1 heterocycles. The SMILES string of the molecule is CN=C(NCC1CN(C)CCO1)N(C)Cc1ccc(Cl)c(Cl)c1.I. The van der Waals surface area contributed by atoms with Crippen molar-refractivity contribution in [1.82, 2.24) is 15.1 Å². The molecule has 1 aromatic carbocycles. The maximum absolute atomic E-state index is 6.07. The number of aliphatic imine (C=N–C) groups is 1. The third kappa shape index (κ3) is 6.55. The predicted molar refractivity (Wildman–Crippen MR) is 112 cm³/mol. The molecule has 1 unspecified atom stereocenters. The van der Waals surface area contributed by atoms with Crippen LogP contribution in [0.1, 0.15) is 5.56 Å². The molecule has 0 radical (unpaired) electrons. The molecule has 0 aliphatic carbocycles. The van der Waals surface area contributed by atoms with Gasteiger partial charge in [0.15, 0.2) is 5.96 Å². The Morgan fingerprint density at radius 2 is 2.17 bits per heavy atom. The summed E-state index contributed by atoms with van der Waals surface area (Å²) in [6, 6.07) is 5.67. The molecule has 0 bridgehead atoms. The molecular formula is C16H25Cl2IN4O. The van der Waals surface area contributed by atoms with Crippen LogP contribution in [0.2, 0.25) is 10.0 Å². The van der Waals surface area contributed by atoms with E-state index in [2.05, 4.69) is 22.3 Å². The molecular weight excluding hydrogens is 462 g/mol. The van der Waals surface area contributed by atoms with E-state index in [1.807, 2.05) is 30.1 Å². The first-order valence-corrected chi connectivity index (χ1v) is 8.41. The first-order valence-electron chi connectivity index (χ1n) is 7.65. The second-order valence-electron chi connectivity index (χ2n) is 5.79. The van der Waals surface area contributed by atoms with E-state index in [4.69, 9.17) is 27.9 Å². The highest BCUT2D eigenvalue weighted by atomic mass is 127. The van der Waals surface area contributed by atoms with E-state index < -0.39 is 0 Å². The van der Waals surface area contributed by atoms with Crippen LogP contribution in [0.4, 0.5) is 0 Å². The summed E-state index contributed by atoms with van der Waals surface area (Å²) >= 11 is 12.0. The minimum atomic E-state index is 0. The summed E-state index contributed by atoms with van der Waals surface area (Å²) < 4.78 is 5.76. The Hall–Kier alpha value is -0.280. The Balaban J connectivity index is 0.00000288. The van der Waals surface area contributed by atoms with Gasteiger partial charge in [0.25, 0.3) is 0 Å². The van der Waals surface area contributed by atoms with Crippen LogP contribution in [0.15, 0.2) is 23.2 Å². The fraction of sp³-hybridized carbons (Fsp3) is 0.562. The Morgan fingerprint density at radius 3 is 2.79 bits per heavy atom. The van der Waals surface area contributed by atoms with E-state index >= 15 is 0 Å². The standard InChI is InChI=1S/C16H24Cl2N4O.HI/c1-19-16(20-9-13-11-21(2)6-7-23-13)22(3)10-12-4-5-14(17)15(18)8-12;/h4-5,8,13H,6-7,9-11H2,1-3H3,(H,19,20);1H. The Morgan fingerprint density at radius 1 is 1.42 bits per heavy atom. The molecule has 1 saturated heterocycles. The van der Waals surface area contributed by atoms with Crippen molar-refractivity contribution in [2.45, 2.75) is 12.6 Å². The average molecular weight is 487 g/mol. The molecule has 2 rings (SSSR count). The van der Waals surface area contributed by atoms with Gasteiger partial charge in [-0.1, -0.05) is 29.3 Å². The number of rotatable bonds is 4. The van der Waals surface area contributed by atoms with Gasteiger partial charge in [-0.3, -0.25) is 4.99 Å². The van der Waals surface area contributed by atoms with Gasteiger partial charge in [-0.05, 0) is 24.7 Å². The van der Waals surface area contributed by atoms with E-state index in [1.165, 1.54) is 0 Å². The zero-order valence-corrected chi connectivity index (χ0v) is 18.1. The minimum absolute atomic E-state index is 0. The Bertz CT molecular complexity index is 559. The molecule has 1 atom stereocenters. The van der Waals surface area contributed by atoms with Crippen LogP contribution in [0.25, 0.3) is 0 Å². The number of nitrogens with zero attached hydrogens (tertiary/aromatic N) is 3. The van der Waals surface area contributed by atoms with Crippen molar-refractivity contribution in [1.29, 1.82) is 0 Å². The monoisotopic (exact) mass is 486 g/mol. The van der Waals surface area contributed by atoms with Crippen LogP contribution in [0.3, 0.4) is 0 Å². The van der Waals surface area contributed by atoms with Crippen molar-refractivity contribution < 1.29 is 4.74 Å². The molecule has 1 fully saturated rings. The van der Waals surface area contributed by atoms with Gasteiger partial charge in [0.05, 0.1) is 22.8 Å². The van der Waals surface area contributed by atoms with Crippen molar-refractivity contribution in [3.05, 3.63) is 33.8 Å². The van der Waals surface area contributed by atoms with Gasteiger partial charge in [-0.25, -0.2) is 0 Å². The smallest absolute Gasteiger partial charge is 0.193 e. The molecule has 0 amide bonds. The van der Waals surface area contributed by atoms with E-state index in [1.54, 1.807) is 7.05 Å². The van der Waals surface area contributed by atoms with Crippen LogP contribution < -0.4 is 5.32 Å². The number of guanidine groups is 1. The fourth-order valence-electron chi connectivity index (χ4n) is 2.57. The molecule has 1 aliphatic rings. The number of hydrogen-bond donors (Lipinski definition) is 1. The normalized spacial score (nSPS) is 18.9. The number of morpholine rings is 1. The van der Waals surface area contributed by atoms with Crippen molar-refractivity contribution in [3.8, 4) is 0 Å². The topological polar surface area (TPSA) is 40.1 Å². The predicted octanol–water partition coefficient (Wildman–Crippen LogP) is 2.95. The van der Waals surface area contributed by atoms with E-state index in [9.17, 15) is 0 Å². The van der Waals surface area contributed by atoms with E-state index in [-0.39, 0.29) is 30.1 Å². The minimum Gasteiger partial charge on any atom is -0.374 e. The summed E-state index contributed by atoms with van der Waals surface area (Å²) in [5.41, 5.74) is 1.08. The lowest BCUT2D eigenvalue weighted by molar-refractivity contribution is -0.0163. The number of hydrogen-bond acceptors (Lipinski definition) is 3. The maximum atomic E-state index is 6.07. The number of ether oxygens (including phenoxy) is 1. The lowest BCUT2D eigenvalue weighted by Crippen LogP contribution is -2.48. The summed E-state index contributed by atoms with van der Waals surface area (Å²) in [6.45, 7) is 4.13. The second-order valence-corrected chi connectivity index (χ2v) is 6.60. The van der Waals surface area contributed by atoms with Crippen LogP contribution >= 0.6 is 47.2 Å². The molecule has 5 nitrogen and oxygen atoms in total. The summed E-state index contributed by atoms with van der Waals surface area (Å²) in [6.07, 6.45) is 0.184. The average Bonchev–Trinajstić information content (AvgIpc) is 2.51. The van der Waals surface area contributed by atoms with E-state index in [0.717, 1.165) is 37.8 Å². The third-order valence-corrected chi connectivity index (χ3v) is 4.55. The zero-order valence-electron chi connectivity index (χ0n) is 14.3. The van der Waals surface area contributed by atoms with Crippen molar-refractivity contribution >= 4 is 53.1 Å². The highest BCUT2D eigenvalue weighted by Gasteiger charge is 2.18. The lowest BCUT2D eigenvalue weighted by Gasteiger charge is -2.31. The Labute approximate surface area is 171 Å². The van der Waals surface area contributed by atoms with Gasteiger partial charge in [0, 0.05) is 40.3 Å². The third-order valence-electron chi connectivity index (χ3n) is 3.81. The second kappa shape index (κ2) is 10.7. The number of nitrogens with one attached hydrogen (secondary N) is 1. The molecule has 0 spiro atoms. The van der Waals surface area contributed by atoms with E-state index in [0.29, 0.717) is 16.6 Å². The molecule has 1 aliphatic heterocycles. The van der Waals surface area contributed by atoms with Crippen molar-refractivity contribution in [3.63, 3.8) is 0 Å². The number of halogens is 3. The largest absolute Gasteiger partial charge is 0.374 e. The summed E-state index contributed by atoms with van der Waals surface area (Å²) in [4.78, 5) is 8.65. The molecule has 8 heteroatoms. The highest BCUT2D eigenvalue weighted by molar-refractivity contribution is 14.0. The summed E-state index contributed by atoms with van der Waals surface area (Å²) in [5, 5.41) is 4.51. The van der Waals surface area contributed by atoms with Crippen molar-refractivity contribution in [2.24, 2.45) is 4.99 Å². The lowest BCUT2D eigenvalue weighted by atomic mass is 10.2. The first-order chi connectivity index (χ1) is 11.0. The van der Waals surface area contributed by atoms with Gasteiger partial charge >= 0.3 is 0 Å². The van der Waals surface area contributed by atoms with Gasteiger partial charge in [0.1, 0.15) is 0 Å². The van der Waals surface area contributed by atoms with Crippen LogP contribution in [0.5, 0.6) is 0 Å². The van der Waals surface area contributed by atoms with Crippen molar-refractivity contribution in [2.75, 3.05) is 47.4 Å². The number of benzene rings is 1. The molecule has 0 saturated carbocycles. The fourth-order valence-corrected chi connectivity index (χ4v) is 2.89. The molecule has 0 aromatic heterocycles. The molecule has 1 N–H and O–H groups in total. The Kier molecular flexibility index (Phi) is 9.66. The zero-order chi connectivity index (χ0) is 16.8. The quantitative estimate of drug-likeness (QED) is 0.403. The summed E-state index contributed by atoms with van der Waals surface area (Å²) in [7, 11) is 5.88. The molecule has 24 heavy (non-hydrogen) atoms. The van der Waals surface area contributed by atoms with Crippen LogP contribution in [-0.2, 0) is 11.3 Å². The van der Waals surface area contributed by atoms with Gasteiger partial charge in [-0.2, -0.15) is 0 Å². The van der Waals surface area contributed by atoms with Gasteiger partial charge in [-0.15, -0.1) is 24.0 Å².